The molecule has 0 heterocycles. The maximum Gasteiger partial charge on any atom is 0.316 e. The number of carbonyl (C=O) groups excluding carboxylic acids is 3. The molecule has 1 aromatic rings. The normalized spacial score (nSPS) is 11.9. The van der Waals surface area contributed by atoms with Gasteiger partial charge < -0.3 is 14.2 Å². The van der Waals surface area contributed by atoms with Crippen molar-refractivity contribution in [1.29, 1.82) is 5.26 Å². The summed E-state index contributed by atoms with van der Waals surface area (Å²) in [5.74, 6) is -2.09. The van der Waals surface area contributed by atoms with Crippen LogP contribution in [-0.4, -0.2) is 38.0 Å². The molecule has 1 atom stereocenters. The SMILES string of the molecule is CCOC(=O)CCC(=O)C(Cc1cc(C(C)(C)C#N)ccc1OC)C(=O)OCC. The van der Waals surface area contributed by atoms with Crippen molar-refractivity contribution < 1.29 is 28.6 Å². The molecule has 0 aliphatic carbocycles. The zero-order valence-corrected chi connectivity index (χ0v) is 17.7. The molecule has 158 valence electrons. The van der Waals surface area contributed by atoms with Gasteiger partial charge >= 0.3 is 11.9 Å². The Morgan fingerprint density at radius 2 is 1.76 bits per heavy atom. The zero-order valence-electron chi connectivity index (χ0n) is 17.7. The lowest BCUT2D eigenvalue weighted by Gasteiger charge is -2.20. The highest BCUT2D eigenvalue weighted by Gasteiger charge is 2.30. The van der Waals surface area contributed by atoms with Gasteiger partial charge in [0.1, 0.15) is 17.5 Å². The predicted octanol–water partition coefficient (Wildman–Crippen LogP) is 3.13. The van der Waals surface area contributed by atoms with Crippen LogP contribution in [0.2, 0.25) is 0 Å². The summed E-state index contributed by atoms with van der Waals surface area (Å²) >= 11 is 0. The van der Waals surface area contributed by atoms with Crippen LogP contribution in [0.1, 0.15) is 51.7 Å². The third-order valence-corrected chi connectivity index (χ3v) is 4.55. The number of Topliss-reactive ketones (excluding diaryl/α,β-unsaturated/α-hetero) is 1. The van der Waals surface area contributed by atoms with Gasteiger partial charge in [-0.15, -0.1) is 0 Å². The quantitative estimate of drug-likeness (QED) is 0.413. The minimum atomic E-state index is -1.07. The minimum absolute atomic E-state index is 0.0546. The van der Waals surface area contributed by atoms with Crippen molar-refractivity contribution in [2.45, 2.75) is 52.4 Å². The number of esters is 2. The van der Waals surface area contributed by atoms with E-state index in [-0.39, 0.29) is 32.5 Å². The van der Waals surface area contributed by atoms with E-state index in [1.54, 1.807) is 45.9 Å². The third kappa shape index (κ3) is 6.90. The second-order valence-corrected chi connectivity index (χ2v) is 7.04. The number of nitrogens with zero attached hydrogens (tertiary/aromatic N) is 1. The monoisotopic (exact) mass is 403 g/mol. The molecule has 0 radical (unpaired) electrons. The maximum atomic E-state index is 12.7. The van der Waals surface area contributed by atoms with Crippen molar-refractivity contribution in [3.8, 4) is 11.8 Å². The summed E-state index contributed by atoms with van der Waals surface area (Å²) in [6, 6.07) is 7.51. The van der Waals surface area contributed by atoms with Gasteiger partial charge in [0.2, 0.25) is 0 Å². The number of rotatable bonds is 11. The van der Waals surface area contributed by atoms with Gasteiger partial charge in [0.15, 0.2) is 0 Å². The van der Waals surface area contributed by atoms with E-state index in [0.29, 0.717) is 11.3 Å². The summed E-state index contributed by atoms with van der Waals surface area (Å²) in [4.78, 5) is 36.7. The van der Waals surface area contributed by atoms with Gasteiger partial charge in [-0.25, -0.2) is 0 Å². The van der Waals surface area contributed by atoms with Crippen LogP contribution in [0.4, 0.5) is 0 Å². The van der Waals surface area contributed by atoms with E-state index in [1.165, 1.54) is 7.11 Å². The fraction of sp³-hybridized carbons (Fsp3) is 0.545. The molecule has 29 heavy (non-hydrogen) atoms. The number of methoxy groups -OCH3 is 1. The van der Waals surface area contributed by atoms with E-state index in [9.17, 15) is 19.6 Å². The van der Waals surface area contributed by atoms with Crippen molar-refractivity contribution in [1.82, 2.24) is 0 Å². The van der Waals surface area contributed by atoms with Crippen LogP contribution in [0.5, 0.6) is 5.75 Å². The standard InChI is InChI=1S/C22H29NO6/c1-6-28-20(25)11-9-18(24)17(21(26)29-7-2)13-15-12-16(22(3,4)14-23)8-10-19(15)27-5/h8,10,12,17H,6-7,9,11,13H2,1-5H3. The summed E-state index contributed by atoms with van der Waals surface area (Å²) in [5, 5.41) is 9.41. The first-order valence-electron chi connectivity index (χ1n) is 9.63. The van der Waals surface area contributed by atoms with E-state index in [2.05, 4.69) is 6.07 Å². The minimum Gasteiger partial charge on any atom is -0.496 e. The Morgan fingerprint density at radius 1 is 1.10 bits per heavy atom. The number of ketones is 1. The van der Waals surface area contributed by atoms with Crippen molar-refractivity contribution in [2.75, 3.05) is 20.3 Å². The first kappa shape index (κ1) is 24.2. The molecule has 0 saturated carbocycles. The maximum absolute atomic E-state index is 12.7. The Kier molecular flexibility index (Phi) is 9.33. The second-order valence-electron chi connectivity index (χ2n) is 7.04. The van der Waals surface area contributed by atoms with Crippen LogP contribution >= 0.6 is 0 Å². The van der Waals surface area contributed by atoms with Crippen LogP contribution in [-0.2, 0) is 35.7 Å². The molecule has 0 fully saturated rings. The van der Waals surface area contributed by atoms with Crippen molar-refractivity contribution >= 4 is 17.7 Å². The van der Waals surface area contributed by atoms with Crippen molar-refractivity contribution in [2.24, 2.45) is 5.92 Å². The lowest BCUT2D eigenvalue weighted by molar-refractivity contribution is -0.153. The van der Waals surface area contributed by atoms with Crippen LogP contribution in [0, 0.1) is 17.2 Å². The molecule has 1 rings (SSSR count). The molecule has 0 saturated heterocycles. The molecule has 0 aliphatic rings. The molecular formula is C22H29NO6. The highest BCUT2D eigenvalue weighted by Crippen LogP contribution is 2.30. The lowest BCUT2D eigenvalue weighted by Crippen LogP contribution is -2.29. The first-order valence-corrected chi connectivity index (χ1v) is 9.63. The highest BCUT2D eigenvalue weighted by atomic mass is 16.5. The number of hydrogen-bond acceptors (Lipinski definition) is 7. The van der Waals surface area contributed by atoms with Crippen molar-refractivity contribution in [3.63, 3.8) is 0 Å². The Labute approximate surface area is 171 Å². The van der Waals surface area contributed by atoms with Crippen molar-refractivity contribution in [3.05, 3.63) is 29.3 Å². The molecule has 0 bridgehead atoms. The lowest BCUT2D eigenvalue weighted by atomic mass is 9.83. The van der Waals surface area contributed by atoms with E-state index < -0.39 is 29.1 Å². The van der Waals surface area contributed by atoms with Crippen LogP contribution in [0.25, 0.3) is 0 Å². The van der Waals surface area contributed by atoms with Gasteiger partial charge in [0.05, 0.1) is 38.2 Å². The Balaban J connectivity index is 3.17. The van der Waals surface area contributed by atoms with E-state index >= 15 is 0 Å². The van der Waals surface area contributed by atoms with Gasteiger partial charge in [0, 0.05) is 6.42 Å². The summed E-state index contributed by atoms with van der Waals surface area (Å²) in [6.07, 6.45) is -0.158. The highest BCUT2D eigenvalue weighted by molar-refractivity contribution is 6.00. The number of benzene rings is 1. The largest absolute Gasteiger partial charge is 0.496 e. The fourth-order valence-corrected chi connectivity index (χ4v) is 2.82. The predicted molar refractivity (Wildman–Crippen MR) is 106 cm³/mol. The molecule has 0 spiro atoms. The Hall–Kier alpha value is -2.88. The molecule has 0 aromatic heterocycles. The third-order valence-electron chi connectivity index (χ3n) is 4.55. The Morgan fingerprint density at radius 3 is 2.31 bits per heavy atom. The number of nitriles is 1. The fourth-order valence-electron chi connectivity index (χ4n) is 2.82. The number of ether oxygens (including phenoxy) is 3. The van der Waals surface area contributed by atoms with Gasteiger partial charge in [-0.3, -0.25) is 14.4 Å². The Bertz CT molecular complexity index is 778. The summed E-state index contributed by atoms with van der Waals surface area (Å²) in [5.41, 5.74) is 0.627. The number of hydrogen-bond donors (Lipinski definition) is 0. The molecule has 7 heteroatoms. The smallest absolute Gasteiger partial charge is 0.316 e. The van der Waals surface area contributed by atoms with Gasteiger partial charge in [-0.2, -0.15) is 5.26 Å². The molecule has 1 unspecified atom stereocenters. The second kappa shape index (κ2) is 11.2. The molecule has 0 N–H and O–H groups in total. The van der Waals surface area contributed by atoms with Gasteiger partial charge in [-0.1, -0.05) is 12.1 Å². The molecule has 1 aromatic carbocycles. The average Bonchev–Trinajstić information content (AvgIpc) is 2.70. The van der Waals surface area contributed by atoms with Crippen LogP contribution < -0.4 is 4.74 Å². The van der Waals surface area contributed by atoms with E-state index in [1.807, 2.05) is 0 Å². The summed E-state index contributed by atoms with van der Waals surface area (Å²) < 4.78 is 15.3. The molecule has 0 amide bonds. The summed E-state index contributed by atoms with van der Waals surface area (Å²) in [6.45, 7) is 7.28. The number of carbonyl (C=O) groups is 3. The van der Waals surface area contributed by atoms with Gasteiger partial charge in [-0.05, 0) is 51.3 Å². The zero-order chi connectivity index (χ0) is 22.0. The van der Waals surface area contributed by atoms with E-state index in [4.69, 9.17) is 14.2 Å². The molecular weight excluding hydrogens is 374 g/mol. The summed E-state index contributed by atoms with van der Waals surface area (Å²) in [7, 11) is 1.50. The molecule has 0 aliphatic heterocycles. The van der Waals surface area contributed by atoms with Crippen LogP contribution in [0.15, 0.2) is 18.2 Å². The van der Waals surface area contributed by atoms with Crippen LogP contribution in [0.3, 0.4) is 0 Å². The average molecular weight is 403 g/mol. The van der Waals surface area contributed by atoms with Gasteiger partial charge in [0.25, 0.3) is 0 Å². The topological polar surface area (TPSA) is 103 Å². The molecule has 7 nitrogen and oxygen atoms in total. The first-order chi connectivity index (χ1) is 13.7. The van der Waals surface area contributed by atoms with E-state index in [0.717, 1.165) is 5.56 Å².